The first-order valence-corrected chi connectivity index (χ1v) is 9.87. The summed E-state index contributed by atoms with van der Waals surface area (Å²) >= 11 is 0. The van der Waals surface area contributed by atoms with Gasteiger partial charge >= 0.3 is 0 Å². The molecular formula is C19H21FN2O4S. The highest BCUT2D eigenvalue weighted by atomic mass is 32.2. The minimum absolute atomic E-state index is 0.00414. The molecule has 0 heterocycles. The van der Waals surface area contributed by atoms with Crippen LogP contribution in [0.3, 0.4) is 0 Å². The zero-order chi connectivity index (χ0) is 20.0. The van der Waals surface area contributed by atoms with E-state index in [1.54, 1.807) is 12.1 Å². The monoisotopic (exact) mass is 392 g/mol. The van der Waals surface area contributed by atoms with Crippen LogP contribution in [-0.4, -0.2) is 27.5 Å². The number of sulfonamides is 1. The Kier molecular flexibility index (Phi) is 4.73. The third-order valence-electron chi connectivity index (χ3n) is 5.09. The fourth-order valence-electron chi connectivity index (χ4n) is 3.47. The largest absolute Gasteiger partial charge is 0.496 e. The molecule has 2 atom stereocenters. The maximum atomic E-state index is 13.5. The number of ether oxygens (including phenoxy) is 1. The van der Waals surface area contributed by atoms with E-state index in [1.165, 1.54) is 31.4 Å². The van der Waals surface area contributed by atoms with Gasteiger partial charge in [0, 0.05) is 12.0 Å². The summed E-state index contributed by atoms with van der Waals surface area (Å²) in [6.07, 6.45) is 0. The lowest BCUT2D eigenvalue weighted by molar-refractivity contribution is 0.0942. The Morgan fingerprint density at radius 2 is 1.81 bits per heavy atom. The lowest BCUT2D eigenvalue weighted by atomic mass is 10.0. The molecule has 1 aliphatic carbocycles. The molecule has 2 aromatic rings. The topological polar surface area (TPSA) is 98.5 Å². The quantitative estimate of drug-likeness (QED) is 0.816. The van der Waals surface area contributed by atoms with Crippen molar-refractivity contribution in [2.75, 3.05) is 7.11 Å². The van der Waals surface area contributed by atoms with Gasteiger partial charge in [-0.3, -0.25) is 4.79 Å². The van der Waals surface area contributed by atoms with Crippen LogP contribution >= 0.6 is 0 Å². The van der Waals surface area contributed by atoms with Gasteiger partial charge < -0.3 is 10.1 Å². The molecule has 1 aliphatic rings. The van der Waals surface area contributed by atoms with Crippen molar-refractivity contribution in [3.05, 3.63) is 59.4 Å². The van der Waals surface area contributed by atoms with Crippen LogP contribution in [0.25, 0.3) is 0 Å². The average Bonchev–Trinajstić information content (AvgIpc) is 3.14. The van der Waals surface area contributed by atoms with E-state index in [1.807, 2.05) is 13.8 Å². The zero-order valence-electron chi connectivity index (χ0n) is 15.2. The Morgan fingerprint density at radius 3 is 2.37 bits per heavy atom. The van der Waals surface area contributed by atoms with Gasteiger partial charge in [-0.2, -0.15) is 0 Å². The first kappa shape index (κ1) is 19.3. The number of carbonyl (C=O) groups is 1. The summed E-state index contributed by atoms with van der Waals surface area (Å²) in [4.78, 5) is 12.7. The first-order chi connectivity index (χ1) is 12.6. The second kappa shape index (κ2) is 6.61. The molecule has 0 radical (unpaired) electrons. The van der Waals surface area contributed by atoms with E-state index < -0.39 is 21.7 Å². The number of hydrogen-bond acceptors (Lipinski definition) is 4. The van der Waals surface area contributed by atoms with Crippen molar-refractivity contribution >= 4 is 15.9 Å². The minimum atomic E-state index is -3.75. The molecule has 0 saturated heterocycles. The zero-order valence-corrected chi connectivity index (χ0v) is 16.0. The van der Waals surface area contributed by atoms with E-state index in [4.69, 9.17) is 9.88 Å². The smallest absolute Gasteiger partial charge is 0.255 e. The fourth-order valence-corrected chi connectivity index (χ4v) is 3.99. The number of nitrogens with one attached hydrogen (secondary N) is 1. The summed E-state index contributed by atoms with van der Waals surface area (Å²) in [6, 6.07) is 9.89. The number of benzene rings is 2. The average molecular weight is 392 g/mol. The van der Waals surface area contributed by atoms with Crippen molar-refractivity contribution in [3.63, 3.8) is 0 Å². The molecular weight excluding hydrogens is 371 g/mol. The number of hydrogen-bond donors (Lipinski definition) is 2. The van der Waals surface area contributed by atoms with Crippen LogP contribution in [-0.2, 0) is 10.0 Å². The molecule has 1 saturated carbocycles. The molecule has 0 spiro atoms. The maximum Gasteiger partial charge on any atom is 0.255 e. The number of methoxy groups -OCH3 is 1. The number of amides is 1. The highest BCUT2D eigenvalue weighted by Crippen LogP contribution is 2.58. The van der Waals surface area contributed by atoms with E-state index in [-0.39, 0.29) is 27.8 Å². The van der Waals surface area contributed by atoms with Gasteiger partial charge in [0.05, 0.1) is 17.6 Å². The van der Waals surface area contributed by atoms with Crippen molar-refractivity contribution in [3.8, 4) is 5.75 Å². The number of halogens is 1. The van der Waals surface area contributed by atoms with Crippen molar-refractivity contribution in [2.45, 2.75) is 30.7 Å². The van der Waals surface area contributed by atoms with Crippen molar-refractivity contribution < 1.29 is 22.3 Å². The van der Waals surface area contributed by atoms with Crippen molar-refractivity contribution in [2.24, 2.45) is 10.6 Å². The Morgan fingerprint density at radius 1 is 1.19 bits per heavy atom. The molecule has 0 bridgehead atoms. The molecule has 27 heavy (non-hydrogen) atoms. The van der Waals surface area contributed by atoms with Gasteiger partial charge in [-0.25, -0.2) is 17.9 Å². The summed E-state index contributed by atoms with van der Waals surface area (Å²) in [5, 5.41) is 8.05. The van der Waals surface area contributed by atoms with Gasteiger partial charge in [0.25, 0.3) is 5.91 Å². The van der Waals surface area contributed by atoms with Crippen molar-refractivity contribution in [1.29, 1.82) is 0 Å². The van der Waals surface area contributed by atoms with E-state index in [0.29, 0.717) is 5.75 Å². The molecule has 0 unspecified atom stereocenters. The van der Waals surface area contributed by atoms with Crippen molar-refractivity contribution in [1.82, 2.24) is 5.32 Å². The molecule has 6 nitrogen and oxygen atoms in total. The standard InChI is InChI=1S/C19H21FN2O4S/c1-19(2)16(11-4-7-13(8-5-11)27(21,24)25)17(19)22-18(23)14-10-12(20)6-9-15(14)26-3/h4-10,16-17H,1-3H3,(H,22,23)(H2,21,24,25)/t16-,17-/m0/s1. The summed E-state index contributed by atoms with van der Waals surface area (Å²) in [5.41, 5.74) is 0.784. The van der Waals surface area contributed by atoms with E-state index >= 15 is 0 Å². The van der Waals surface area contributed by atoms with Crippen LogP contribution in [0.1, 0.15) is 35.7 Å². The summed E-state index contributed by atoms with van der Waals surface area (Å²) in [7, 11) is -2.34. The summed E-state index contributed by atoms with van der Waals surface area (Å²) in [6.45, 7) is 4.00. The van der Waals surface area contributed by atoms with Gasteiger partial charge in [-0.1, -0.05) is 26.0 Å². The lowest BCUT2D eigenvalue weighted by Gasteiger charge is -2.10. The van der Waals surface area contributed by atoms with E-state index in [9.17, 15) is 17.6 Å². The molecule has 0 aliphatic heterocycles. The molecule has 144 valence electrons. The second-order valence-electron chi connectivity index (χ2n) is 7.21. The fraction of sp³-hybridized carbons (Fsp3) is 0.316. The van der Waals surface area contributed by atoms with Crippen LogP contribution < -0.4 is 15.2 Å². The predicted molar refractivity (Wildman–Crippen MR) is 98.5 cm³/mol. The molecule has 2 aromatic carbocycles. The summed E-state index contributed by atoms with van der Waals surface area (Å²) in [5.74, 6) is -0.656. The number of nitrogens with two attached hydrogens (primary N) is 1. The van der Waals surface area contributed by atoms with Crippen LogP contribution in [0, 0.1) is 11.2 Å². The van der Waals surface area contributed by atoms with Gasteiger partial charge in [0.1, 0.15) is 11.6 Å². The number of primary sulfonamides is 1. The first-order valence-electron chi connectivity index (χ1n) is 8.33. The third-order valence-corrected chi connectivity index (χ3v) is 6.02. The van der Waals surface area contributed by atoms with Crippen LogP contribution in [0.15, 0.2) is 47.4 Å². The summed E-state index contributed by atoms with van der Waals surface area (Å²) < 4.78 is 41.4. The normalized spacial score (nSPS) is 20.8. The molecule has 1 fully saturated rings. The lowest BCUT2D eigenvalue weighted by Crippen LogP contribution is -2.29. The molecule has 0 aromatic heterocycles. The SMILES string of the molecule is COc1ccc(F)cc1C(=O)N[C@H]1[C@H](c2ccc(S(N)(=O)=O)cc2)C1(C)C. The Labute approximate surface area is 157 Å². The number of carbonyl (C=O) groups excluding carboxylic acids is 1. The van der Waals surface area contributed by atoms with Gasteiger partial charge in [0.15, 0.2) is 0 Å². The van der Waals surface area contributed by atoms with Crippen LogP contribution in [0.5, 0.6) is 5.75 Å². The Hall–Kier alpha value is -2.45. The van der Waals surface area contributed by atoms with Crippen LogP contribution in [0.4, 0.5) is 4.39 Å². The Bertz CT molecular complexity index is 987. The molecule has 3 N–H and O–H groups in total. The predicted octanol–water partition coefficient (Wildman–Crippen LogP) is 2.40. The maximum absolute atomic E-state index is 13.5. The second-order valence-corrected chi connectivity index (χ2v) is 8.77. The van der Waals surface area contributed by atoms with Gasteiger partial charge in [-0.05, 0) is 41.3 Å². The highest BCUT2D eigenvalue weighted by molar-refractivity contribution is 7.89. The van der Waals surface area contributed by atoms with E-state index in [2.05, 4.69) is 5.32 Å². The number of rotatable bonds is 5. The highest BCUT2D eigenvalue weighted by Gasteiger charge is 2.59. The van der Waals surface area contributed by atoms with E-state index in [0.717, 1.165) is 11.6 Å². The minimum Gasteiger partial charge on any atom is -0.496 e. The Balaban J connectivity index is 1.80. The van der Waals surface area contributed by atoms with Crippen LogP contribution in [0.2, 0.25) is 0 Å². The molecule has 1 amide bonds. The third kappa shape index (κ3) is 3.68. The van der Waals surface area contributed by atoms with Gasteiger partial charge in [0.2, 0.25) is 10.0 Å². The van der Waals surface area contributed by atoms with Gasteiger partial charge in [-0.15, -0.1) is 0 Å². The molecule has 8 heteroatoms. The molecule has 3 rings (SSSR count).